The average molecular weight is 489 g/mol. The molecule has 1 saturated carbocycles. The third-order valence-electron chi connectivity index (χ3n) is 6.99. The number of amides is 3. The zero-order valence-corrected chi connectivity index (χ0v) is 20.3. The van der Waals surface area contributed by atoms with E-state index in [0.717, 1.165) is 44.2 Å². The molecule has 176 valence electrons. The van der Waals surface area contributed by atoms with Gasteiger partial charge < -0.3 is 20.9 Å². The zero-order valence-electron chi connectivity index (χ0n) is 18.8. The van der Waals surface area contributed by atoms with Crippen molar-refractivity contribution in [3.63, 3.8) is 0 Å². The molecule has 1 heterocycles. The lowest BCUT2D eigenvalue weighted by atomic mass is 9.89. The standard InChI is InChI=1S/C25H30Cl2N4O2/c1-28-25(13-2-3-14-25)23(32)29-19-9-7-17(8-10-19)18-11-15-31(16-12-18)24(33)30-22-20(26)5-4-6-21(22)27/h4-10,18,28H,2-3,11-16H2,1H3,(H,29,32)(H,30,33). The van der Waals surface area contributed by atoms with Crippen LogP contribution in [0.4, 0.5) is 16.2 Å². The Balaban J connectivity index is 1.31. The lowest BCUT2D eigenvalue weighted by molar-refractivity contribution is -0.122. The normalized spacial score (nSPS) is 18.2. The number of halogens is 2. The molecule has 0 aromatic heterocycles. The first-order valence-electron chi connectivity index (χ1n) is 11.5. The highest BCUT2D eigenvalue weighted by molar-refractivity contribution is 6.39. The number of hydrogen-bond acceptors (Lipinski definition) is 3. The molecule has 2 aliphatic rings. The number of likely N-dealkylation sites (tertiary alicyclic amines) is 1. The lowest BCUT2D eigenvalue weighted by Gasteiger charge is -2.32. The number of carbonyl (C=O) groups is 2. The van der Waals surface area contributed by atoms with Gasteiger partial charge in [0.05, 0.1) is 21.3 Å². The Hall–Kier alpha value is -2.28. The number of nitrogens with zero attached hydrogens (tertiary/aromatic N) is 1. The molecule has 0 unspecified atom stereocenters. The molecule has 6 nitrogen and oxygen atoms in total. The number of urea groups is 1. The monoisotopic (exact) mass is 488 g/mol. The summed E-state index contributed by atoms with van der Waals surface area (Å²) >= 11 is 12.3. The lowest BCUT2D eigenvalue weighted by Crippen LogP contribution is -2.50. The summed E-state index contributed by atoms with van der Waals surface area (Å²) in [5.41, 5.74) is 2.05. The first kappa shape index (κ1) is 23.9. The molecule has 1 saturated heterocycles. The van der Waals surface area contributed by atoms with Crippen molar-refractivity contribution in [2.24, 2.45) is 0 Å². The van der Waals surface area contributed by atoms with Crippen molar-refractivity contribution in [1.82, 2.24) is 10.2 Å². The highest BCUT2D eigenvalue weighted by Crippen LogP contribution is 2.33. The molecule has 2 fully saturated rings. The Labute approximate surface area is 205 Å². The van der Waals surface area contributed by atoms with Crippen molar-refractivity contribution in [2.75, 3.05) is 30.8 Å². The highest BCUT2D eigenvalue weighted by Gasteiger charge is 2.39. The van der Waals surface area contributed by atoms with Crippen molar-refractivity contribution in [1.29, 1.82) is 0 Å². The smallest absolute Gasteiger partial charge is 0.321 e. The van der Waals surface area contributed by atoms with Gasteiger partial charge in [-0.05, 0) is 68.5 Å². The Morgan fingerprint density at radius 2 is 1.55 bits per heavy atom. The van der Waals surface area contributed by atoms with Gasteiger partial charge in [0.1, 0.15) is 0 Å². The summed E-state index contributed by atoms with van der Waals surface area (Å²) in [7, 11) is 1.86. The first-order chi connectivity index (χ1) is 15.9. The van der Waals surface area contributed by atoms with E-state index in [1.807, 2.05) is 19.2 Å². The third kappa shape index (κ3) is 5.29. The zero-order chi connectivity index (χ0) is 23.4. The van der Waals surface area contributed by atoms with Crippen LogP contribution in [0.5, 0.6) is 0 Å². The second kappa shape index (κ2) is 10.3. The number of likely N-dealkylation sites (N-methyl/N-ethyl adjacent to an activating group) is 1. The molecular formula is C25H30Cl2N4O2. The Morgan fingerprint density at radius 3 is 2.12 bits per heavy atom. The summed E-state index contributed by atoms with van der Waals surface area (Å²) in [5.74, 6) is 0.425. The summed E-state index contributed by atoms with van der Waals surface area (Å²) in [6, 6.07) is 13.1. The van der Waals surface area contributed by atoms with E-state index in [-0.39, 0.29) is 11.9 Å². The molecule has 3 N–H and O–H groups in total. The minimum absolute atomic E-state index is 0.0493. The van der Waals surface area contributed by atoms with E-state index >= 15 is 0 Å². The van der Waals surface area contributed by atoms with Crippen LogP contribution in [0, 0.1) is 0 Å². The van der Waals surface area contributed by atoms with Gasteiger partial charge in [0, 0.05) is 18.8 Å². The molecule has 0 bridgehead atoms. The van der Waals surface area contributed by atoms with Crippen LogP contribution in [0.25, 0.3) is 0 Å². The molecule has 0 spiro atoms. The molecular weight excluding hydrogens is 459 g/mol. The minimum Gasteiger partial charge on any atom is -0.324 e. The average Bonchev–Trinajstić information content (AvgIpc) is 3.33. The number of para-hydroxylation sites is 1. The van der Waals surface area contributed by atoms with Gasteiger partial charge in [-0.1, -0.05) is 54.2 Å². The Bertz CT molecular complexity index is 978. The third-order valence-corrected chi connectivity index (χ3v) is 7.62. The van der Waals surface area contributed by atoms with Crippen molar-refractivity contribution < 1.29 is 9.59 Å². The number of piperidine rings is 1. The fourth-order valence-electron chi connectivity index (χ4n) is 4.88. The number of carbonyl (C=O) groups excluding carboxylic acids is 2. The quantitative estimate of drug-likeness (QED) is 0.492. The molecule has 0 radical (unpaired) electrons. The van der Waals surface area contributed by atoms with Gasteiger partial charge >= 0.3 is 6.03 Å². The van der Waals surface area contributed by atoms with Gasteiger partial charge in [0.15, 0.2) is 0 Å². The molecule has 3 amide bonds. The van der Waals surface area contributed by atoms with Crippen LogP contribution in [0.1, 0.15) is 50.0 Å². The van der Waals surface area contributed by atoms with Crippen LogP contribution < -0.4 is 16.0 Å². The van der Waals surface area contributed by atoms with E-state index in [0.29, 0.717) is 34.7 Å². The van der Waals surface area contributed by atoms with Gasteiger partial charge in [0.2, 0.25) is 5.91 Å². The number of rotatable bonds is 5. The molecule has 0 atom stereocenters. The van der Waals surface area contributed by atoms with E-state index in [2.05, 4.69) is 28.1 Å². The maximum Gasteiger partial charge on any atom is 0.321 e. The first-order valence-corrected chi connectivity index (χ1v) is 12.3. The predicted octanol–water partition coefficient (Wildman–Crippen LogP) is 5.88. The number of benzene rings is 2. The van der Waals surface area contributed by atoms with Crippen LogP contribution in [-0.2, 0) is 4.79 Å². The largest absolute Gasteiger partial charge is 0.324 e. The maximum absolute atomic E-state index is 12.8. The van der Waals surface area contributed by atoms with E-state index in [1.54, 1.807) is 23.1 Å². The molecule has 4 rings (SSSR count). The van der Waals surface area contributed by atoms with E-state index in [9.17, 15) is 9.59 Å². The van der Waals surface area contributed by atoms with Crippen LogP contribution in [-0.4, -0.2) is 42.5 Å². The van der Waals surface area contributed by atoms with Crippen LogP contribution >= 0.6 is 23.2 Å². The van der Waals surface area contributed by atoms with Gasteiger partial charge in [-0.15, -0.1) is 0 Å². The van der Waals surface area contributed by atoms with Gasteiger partial charge in [-0.3, -0.25) is 4.79 Å². The summed E-state index contributed by atoms with van der Waals surface area (Å²) in [6.45, 7) is 1.31. The van der Waals surface area contributed by atoms with Gasteiger partial charge in [0.25, 0.3) is 0 Å². The fourth-order valence-corrected chi connectivity index (χ4v) is 5.37. The SMILES string of the molecule is CNC1(C(=O)Nc2ccc(C3CCN(C(=O)Nc4c(Cl)cccc4Cl)CC3)cc2)CCCC1. The molecule has 33 heavy (non-hydrogen) atoms. The summed E-state index contributed by atoms with van der Waals surface area (Å²) < 4.78 is 0. The Morgan fingerprint density at radius 1 is 0.939 bits per heavy atom. The highest BCUT2D eigenvalue weighted by atomic mass is 35.5. The summed E-state index contributed by atoms with van der Waals surface area (Å²) in [4.78, 5) is 27.3. The topological polar surface area (TPSA) is 73.5 Å². The van der Waals surface area contributed by atoms with Crippen molar-refractivity contribution >= 4 is 46.5 Å². The van der Waals surface area contributed by atoms with Crippen molar-refractivity contribution in [3.05, 3.63) is 58.1 Å². The Kier molecular flexibility index (Phi) is 7.47. The van der Waals surface area contributed by atoms with Crippen molar-refractivity contribution in [3.8, 4) is 0 Å². The summed E-state index contributed by atoms with van der Waals surface area (Å²) in [6.07, 6.45) is 5.66. The number of hydrogen-bond donors (Lipinski definition) is 3. The van der Waals surface area contributed by atoms with E-state index < -0.39 is 5.54 Å². The molecule has 2 aromatic rings. The molecule has 1 aliphatic carbocycles. The predicted molar refractivity (Wildman–Crippen MR) is 134 cm³/mol. The van der Waals surface area contributed by atoms with E-state index in [4.69, 9.17) is 23.2 Å². The number of nitrogens with one attached hydrogen (secondary N) is 3. The maximum atomic E-state index is 12.8. The minimum atomic E-state index is -0.444. The van der Waals surface area contributed by atoms with Crippen LogP contribution in [0.2, 0.25) is 10.0 Å². The van der Waals surface area contributed by atoms with Crippen LogP contribution in [0.3, 0.4) is 0 Å². The van der Waals surface area contributed by atoms with E-state index in [1.165, 1.54) is 5.56 Å². The molecule has 8 heteroatoms. The van der Waals surface area contributed by atoms with Gasteiger partial charge in [-0.25, -0.2) is 4.79 Å². The van der Waals surface area contributed by atoms with Crippen LogP contribution in [0.15, 0.2) is 42.5 Å². The molecule has 1 aliphatic heterocycles. The number of anilines is 2. The van der Waals surface area contributed by atoms with Gasteiger partial charge in [-0.2, -0.15) is 0 Å². The summed E-state index contributed by atoms with van der Waals surface area (Å²) in [5, 5.41) is 9.99. The fraction of sp³-hybridized carbons (Fsp3) is 0.440. The second-order valence-corrected chi connectivity index (χ2v) is 9.72. The molecule has 2 aromatic carbocycles. The van der Waals surface area contributed by atoms with Crippen molar-refractivity contribution in [2.45, 2.75) is 50.0 Å². The second-order valence-electron chi connectivity index (χ2n) is 8.90.